The van der Waals surface area contributed by atoms with Gasteiger partial charge in [0, 0.05) is 6.61 Å². The topological polar surface area (TPSA) is 57.5 Å². The minimum Gasteiger partial charge on any atom is -0.477 e. The van der Waals surface area contributed by atoms with Crippen molar-refractivity contribution in [2.24, 2.45) is 0 Å². The van der Waals surface area contributed by atoms with E-state index in [-0.39, 0.29) is 6.61 Å². The first kappa shape index (κ1) is 10.1. The maximum atomic E-state index is 10.1. The number of aliphatic hydroxyl groups is 1. The van der Waals surface area contributed by atoms with Gasteiger partial charge in [-0.15, -0.1) is 11.3 Å². The second kappa shape index (κ2) is 5.88. The summed E-state index contributed by atoms with van der Waals surface area (Å²) < 4.78 is 0. The van der Waals surface area contributed by atoms with Gasteiger partial charge in [0.05, 0.1) is 0 Å². The minimum atomic E-state index is -0.847. The SMILES string of the molecule is CCO.O=C(O)c1cccs1. The Kier molecular flexibility index (Phi) is 5.42. The quantitative estimate of drug-likeness (QED) is 0.677. The van der Waals surface area contributed by atoms with E-state index >= 15 is 0 Å². The molecule has 0 aromatic carbocycles. The van der Waals surface area contributed by atoms with E-state index in [0.29, 0.717) is 4.88 Å². The Labute approximate surface area is 68.9 Å². The number of carboxylic acids is 1. The molecule has 0 aliphatic carbocycles. The van der Waals surface area contributed by atoms with E-state index in [2.05, 4.69) is 0 Å². The molecule has 0 aliphatic rings. The first-order chi connectivity index (χ1) is 5.22. The molecule has 0 bridgehead atoms. The Morgan fingerprint density at radius 3 is 2.45 bits per heavy atom. The monoisotopic (exact) mass is 174 g/mol. The first-order valence-corrected chi connectivity index (χ1v) is 3.98. The van der Waals surface area contributed by atoms with E-state index in [4.69, 9.17) is 10.2 Å². The highest BCUT2D eigenvalue weighted by Gasteiger charge is 1.99. The van der Waals surface area contributed by atoms with Gasteiger partial charge in [0.25, 0.3) is 0 Å². The third-order valence-corrected chi connectivity index (χ3v) is 1.59. The van der Waals surface area contributed by atoms with Crippen LogP contribution in [-0.2, 0) is 0 Å². The van der Waals surface area contributed by atoms with Crippen molar-refractivity contribution in [3.05, 3.63) is 22.4 Å². The molecule has 1 aromatic heterocycles. The average molecular weight is 174 g/mol. The summed E-state index contributed by atoms with van der Waals surface area (Å²) in [6, 6.07) is 3.29. The summed E-state index contributed by atoms with van der Waals surface area (Å²) in [5.41, 5.74) is 0. The maximum Gasteiger partial charge on any atom is 0.345 e. The zero-order valence-electron chi connectivity index (χ0n) is 6.15. The molecule has 0 radical (unpaired) electrons. The molecule has 4 heteroatoms. The van der Waals surface area contributed by atoms with Gasteiger partial charge < -0.3 is 10.2 Å². The van der Waals surface area contributed by atoms with Crippen LogP contribution in [-0.4, -0.2) is 22.8 Å². The Bertz CT molecular complexity index is 193. The number of hydrogen-bond donors (Lipinski definition) is 2. The van der Waals surface area contributed by atoms with Crippen molar-refractivity contribution < 1.29 is 15.0 Å². The molecular formula is C7H10O3S. The van der Waals surface area contributed by atoms with Crippen LogP contribution in [0.3, 0.4) is 0 Å². The summed E-state index contributed by atoms with van der Waals surface area (Å²) in [4.78, 5) is 10.5. The van der Waals surface area contributed by atoms with E-state index < -0.39 is 5.97 Å². The average Bonchev–Trinajstić information content (AvgIpc) is 2.38. The summed E-state index contributed by atoms with van der Waals surface area (Å²) in [6.07, 6.45) is 0. The molecule has 0 aliphatic heterocycles. The van der Waals surface area contributed by atoms with Gasteiger partial charge >= 0.3 is 5.97 Å². The largest absolute Gasteiger partial charge is 0.477 e. The molecule has 0 saturated carbocycles. The van der Waals surface area contributed by atoms with Gasteiger partial charge in [0.2, 0.25) is 0 Å². The van der Waals surface area contributed by atoms with Crippen molar-refractivity contribution in [1.29, 1.82) is 0 Å². The smallest absolute Gasteiger partial charge is 0.345 e. The van der Waals surface area contributed by atoms with Gasteiger partial charge in [-0.2, -0.15) is 0 Å². The zero-order valence-corrected chi connectivity index (χ0v) is 6.97. The maximum absolute atomic E-state index is 10.1. The van der Waals surface area contributed by atoms with Crippen LogP contribution in [0.5, 0.6) is 0 Å². The van der Waals surface area contributed by atoms with Crippen molar-refractivity contribution in [2.75, 3.05) is 6.61 Å². The highest BCUT2D eigenvalue weighted by Crippen LogP contribution is 2.06. The van der Waals surface area contributed by atoms with Gasteiger partial charge in [0.1, 0.15) is 4.88 Å². The second-order valence-corrected chi connectivity index (χ2v) is 2.55. The van der Waals surface area contributed by atoms with Crippen molar-refractivity contribution in [2.45, 2.75) is 6.92 Å². The summed E-state index contributed by atoms with van der Waals surface area (Å²) in [5.74, 6) is -0.847. The molecule has 1 heterocycles. The molecule has 11 heavy (non-hydrogen) atoms. The molecule has 0 unspecified atom stereocenters. The van der Waals surface area contributed by atoms with Crippen LogP contribution < -0.4 is 0 Å². The van der Waals surface area contributed by atoms with E-state index in [0.717, 1.165) is 0 Å². The molecule has 1 aromatic rings. The number of thiophene rings is 1. The van der Waals surface area contributed by atoms with Crippen LogP contribution in [0.4, 0.5) is 0 Å². The molecule has 1 rings (SSSR count). The van der Waals surface area contributed by atoms with Crippen molar-refractivity contribution in [3.63, 3.8) is 0 Å². The Morgan fingerprint density at radius 2 is 2.27 bits per heavy atom. The van der Waals surface area contributed by atoms with Crippen LogP contribution in [0.15, 0.2) is 17.5 Å². The third-order valence-electron chi connectivity index (χ3n) is 0.732. The molecule has 3 nitrogen and oxygen atoms in total. The number of aromatic carboxylic acids is 1. The number of rotatable bonds is 1. The Balaban J connectivity index is 0.000000292. The molecule has 0 saturated heterocycles. The lowest BCUT2D eigenvalue weighted by Gasteiger charge is -1.78. The lowest BCUT2D eigenvalue weighted by atomic mass is 10.5. The normalized spacial score (nSPS) is 8.18. The van der Waals surface area contributed by atoms with Crippen LogP contribution >= 0.6 is 11.3 Å². The van der Waals surface area contributed by atoms with E-state index in [1.807, 2.05) is 0 Å². The molecular weight excluding hydrogens is 164 g/mol. The molecule has 2 N–H and O–H groups in total. The van der Waals surface area contributed by atoms with Gasteiger partial charge in [0.15, 0.2) is 0 Å². The fourth-order valence-electron chi connectivity index (χ4n) is 0.400. The molecule has 0 fully saturated rings. The number of aliphatic hydroxyl groups excluding tert-OH is 1. The van der Waals surface area contributed by atoms with Crippen LogP contribution in [0.25, 0.3) is 0 Å². The Morgan fingerprint density at radius 1 is 1.73 bits per heavy atom. The molecule has 0 spiro atoms. The standard InChI is InChI=1S/C5H4O2S.C2H6O/c6-5(7)4-2-1-3-8-4;1-2-3/h1-3H,(H,6,7);3H,2H2,1H3. The van der Waals surface area contributed by atoms with Crippen molar-refractivity contribution >= 4 is 17.3 Å². The lowest BCUT2D eigenvalue weighted by molar-refractivity contribution is 0.0702. The lowest BCUT2D eigenvalue weighted by Crippen LogP contribution is -1.89. The predicted octanol–water partition coefficient (Wildman–Crippen LogP) is 1.44. The van der Waals surface area contributed by atoms with Gasteiger partial charge in [-0.3, -0.25) is 0 Å². The second-order valence-electron chi connectivity index (χ2n) is 1.60. The zero-order chi connectivity index (χ0) is 8.69. The van der Waals surface area contributed by atoms with E-state index in [1.54, 1.807) is 24.4 Å². The summed E-state index contributed by atoms with van der Waals surface area (Å²) in [5, 5.41) is 17.6. The summed E-state index contributed by atoms with van der Waals surface area (Å²) in [6.45, 7) is 1.93. The highest BCUT2D eigenvalue weighted by atomic mass is 32.1. The summed E-state index contributed by atoms with van der Waals surface area (Å²) >= 11 is 1.23. The van der Waals surface area contributed by atoms with Gasteiger partial charge in [-0.05, 0) is 18.4 Å². The van der Waals surface area contributed by atoms with E-state index in [9.17, 15) is 4.79 Å². The fourth-order valence-corrected chi connectivity index (χ4v) is 0.962. The first-order valence-electron chi connectivity index (χ1n) is 3.10. The minimum absolute atomic E-state index is 0.250. The number of carboxylic acid groups (broad SMARTS) is 1. The molecule has 0 atom stereocenters. The van der Waals surface area contributed by atoms with Crippen molar-refractivity contribution in [1.82, 2.24) is 0 Å². The molecule has 0 amide bonds. The van der Waals surface area contributed by atoms with Crippen LogP contribution in [0.1, 0.15) is 16.6 Å². The van der Waals surface area contributed by atoms with E-state index in [1.165, 1.54) is 11.3 Å². The van der Waals surface area contributed by atoms with Crippen molar-refractivity contribution in [3.8, 4) is 0 Å². The molecule has 62 valence electrons. The van der Waals surface area contributed by atoms with Crippen LogP contribution in [0.2, 0.25) is 0 Å². The Hall–Kier alpha value is -0.870. The number of carbonyl (C=O) groups is 1. The summed E-state index contributed by atoms with van der Waals surface area (Å²) in [7, 11) is 0. The van der Waals surface area contributed by atoms with Crippen LogP contribution in [0, 0.1) is 0 Å². The third kappa shape index (κ3) is 4.52. The number of hydrogen-bond acceptors (Lipinski definition) is 3. The fraction of sp³-hybridized carbons (Fsp3) is 0.286. The predicted molar refractivity (Wildman–Crippen MR) is 44.0 cm³/mol. The highest BCUT2D eigenvalue weighted by molar-refractivity contribution is 7.11. The van der Waals surface area contributed by atoms with Gasteiger partial charge in [-0.1, -0.05) is 6.07 Å². The van der Waals surface area contributed by atoms with Gasteiger partial charge in [-0.25, -0.2) is 4.79 Å².